The maximum Gasteiger partial charge on any atom is 0.149 e. The summed E-state index contributed by atoms with van der Waals surface area (Å²) < 4.78 is 0. The topological polar surface area (TPSA) is 29.1 Å². The largest absolute Gasteiger partial charge is 0.305 e. The fourth-order valence-electron chi connectivity index (χ4n) is 1.39. The van der Waals surface area contributed by atoms with Crippen LogP contribution in [0, 0.1) is 0 Å². The Kier molecular flexibility index (Phi) is 2.44. The van der Waals surface area contributed by atoms with Gasteiger partial charge in [0.15, 0.2) is 0 Å². The van der Waals surface area contributed by atoms with Crippen molar-refractivity contribution in [3.8, 4) is 0 Å². The van der Waals surface area contributed by atoms with Crippen LogP contribution < -0.4 is 5.32 Å². The van der Waals surface area contributed by atoms with Crippen molar-refractivity contribution >= 4 is 5.78 Å². The molecular formula is C8H15NO. The zero-order valence-electron chi connectivity index (χ0n) is 6.68. The third-order valence-electron chi connectivity index (χ3n) is 1.84. The molecule has 0 radical (unpaired) electrons. The van der Waals surface area contributed by atoms with Crippen LogP contribution in [0.25, 0.3) is 0 Å². The Hall–Kier alpha value is -0.370. The first-order valence-electron chi connectivity index (χ1n) is 3.99. The summed E-state index contributed by atoms with van der Waals surface area (Å²) in [7, 11) is 0. The van der Waals surface area contributed by atoms with Gasteiger partial charge in [-0.2, -0.15) is 0 Å². The summed E-state index contributed by atoms with van der Waals surface area (Å²) in [5, 5.41) is 3.24. The first-order valence-corrected chi connectivity index (χ1v) is 3.99. The SMILES string of the molecule is CC(C)NC1CCCC1=O. The second kappa shape index (κ2) is 3.15. The van der Waals surface area contributed by atoms with Gasteiger partial charge in [0.1, 0.15) is 5.78 Å². The van der Waals surface area contributed by atoms with Crippen LogP contribution in [-0.4, -0.2) is 17.9 Å². The average molecular weight is 141 g/mol. The molecule has 0 bridgehead atoms. The van der Waals surface area contributed by atoms with Crippen molar-refractivity contribution < 1.29 is 4.79 Å². The van der Waals surface area contributed by atoms with Crippen molar-refractivity contribution in [1.82, 2.24) is 5.32 Å². The van der Waals surface area contributed by atoms with Gasteiger partial charge in [0.05, 0.1) is 6.04 Å². The molecule has 2 nitrogen and oxygen atoms in total. The summed E-state index contributed by atoms with van der Waals surface area (Å²) in [5.41, 5.74) is 0. The van der Waals surface area contributed by atoms with Gasteiger partial charge < -0.3 is 5.32 Å². The molecule has 1 aliphatic rings. The van der Waals surface area contributed by atoms with Gasteiger partial charge in [-0.15, -0.1) is 0 Å². The van der Waals surface area contributed by atoms with Crippen LogP contribution >= 0.6 is 0 Å². The van der Waals surface area contributed by atoms with Crippen molar-refractivity contribution in [2.24, 2.45) is 0 Å². The van der Waals surface area contributed by atoms with E-state index in [0.717, 1.165) is 19.3 Å². The van der Waals surface area contributed by atoms with Crippen LogP contribution in [0.5, 0.6) is 0 Å². The molecule has 0 aromatic heterocycles. The van der Waals surface area contributed by atoms with Gasteiger partial charge in [-0.3, -0.25) is 4.79 Å². The van der Waals surface area contributed by atoms with Crippen LogP contribution in [-0.2, 0) is 4.79 Å². The molecule has 0 saturated heterocycles. The van der Waals surface area contributed by atoms with Gasteiger partial charge in [-0.05, 0) is 12.8 Å². The van der Waals surface area contributed by atoms with Gasteiger partial charge in [-0.25, -0.2) is 0 Å². The molecule has 58 valence electrons. The highest BCUT2D eigenvalue weighted by Gasteiger charge is 2.23. The van der Waals surface area contributed by atoms with Gasteiger partial charge in [0.25, 0.3) is 0 Å². The molecule has 0 aromatic rings. The molecule has 2 heteroatoms. The highest BCUT2D eigenvalue weighted by molar-refractivity contribution is 5.85. The Morgan fingerprint density at radius 1 is 1.60 bits per heavy atom. The van der Waals surface area contributed by atoms with Crippen LogP contribution in [0.4, 0.5) is 0 Å². The van der Waals surface area contributed by atoms with Crippen molar-refractivity contribution in [2.45, 2.75) is 45.2 Å². The minimum Gasteiger partial charge on any atom is -0.305 e. The van der Waals surface area contributed by atoms with Gasteiger partial charge in [-0.1, -0.05) is 13.8 Å². The standard InChI is InChI=1S/C8H15NO/c1-6(2)9-7-4-3-5-8(7)10/h6-7,9H,3-5H2,1-2H3. The number of rotatable bonds is 2. The van der Waals surface area contributed by atoms with Crippen LogP contribution in [0.2, 0.25) is 0 Å². The lowest BCUT2D eigenvalue weighted by Crippen LogP contribution is -2.37. The number of Topliss-reactive ketones (excluding diaryl/α,β-unsaturated/α-hetero) is 1. The molecule has 1 saturated carbocycles. The van der Waals surface area contributed by atoms with Crippen molar-refractivity contribution in [3.05, 3.63) is 0 Å². The van der Waals surface area contributed by atoms with Crippen molar-refractivity contribution in [3.63, 3.8) is 0 Å². The molecule has 0 aliphatic heterocycles. The highest BCUT2D eigenvalue weighted by atomic mass is 16.1. The first-order chi connectivity index (χ1) is 4.70. The minimum absolute atomic E-state index is 0.167. The molecule has 1 atom stereocenters. The van der Waals surface area contributed by atoms with E-state index in [-0.39, 0.29) is 6.04 Å². The molecule has 0 spiro atoms. The maximum absolute atomic E-state index is 11.0. The number of ketones is 1. The van der Waals surface area contributed by atoms with E-state index >= 15 is 0 Å². The minimum atomic E-state index is 0.167. The van der Waals surface area contributed by atoms with Crippen LogP contribution in [0.15, 0.2) is 0 Å². The van der Waals surface area contributed by atoms with Gasteiger partial charge >= 0.3 is 0 Å². The molecule has 0 amide bonds. The Morgan fingerprint density at radius 3 is 2.70 bits per heavy atom. The molecular weight excluding hydrogens is 126 g/mol. The Bertz CT molecular complexity index is 131. The van der Waals surface area contributed by atoms with E-state index in [9.17, 15) is 4.79 Å². The molecule has 1 aliphatic carbocycles. The highest BCUT2D eigenvalue weighted by Crippen LogP contribution is 2.14. The van der Waals surface area contributed by atoms with Crippen molar-refractivity contribution in [1.29, 1.82) is 0 Å². The zero-order valence-corrected chi connectivity index (χ0v) is 6.68. The number of carbonyl (C=O) groups is 1. The zero-order chi connectivity index (χ0) is 7.56. The molecule has 1 fully saturated rings. The fraction of sp³-hybridized carbons (Fsp3) is 0.875. The number of hydrogen-bond acceptors (Lipinski definition) is 2. The summed E-state index contributed by atoms with van der Waals surface area (Å²) >= 11 is 0. The van der Waals surface area contributed by atoms with E-state index in [1.165, 1.54) is 0 Å². The smallest absolute Gasteiger partial charge is 0.149 e. The Balaban J connectivity index is 2.33. The van der Waals surface area contributed by atoms with Crippen LogP contribution in [0.1, 0.15) is 33.1 Å². The quantitative estimate of drug-likeness (QED) is 0.624. The lowest BCUT2D eigenvalue weighted by Gasteiger charge is -2.13. The summed E-state index contributed by atoms with van der Waals surface area (Å²) in [4.78, 5) is 11.0. The van der Waals surface area contributed by atoms with Crippen molar-refractivity contribution in [2.75, 3.05) is 0 Å². The molecule has 10 heavy (non-hydrogen) atoms. The summed E-state index contributed by atoms with van der Waals surface area (Å²) in [6.45, 7) is 4.15. The fourth-order valence-corrected chi connectivity index (χ4v) is 1.39. The van der Waals surface area contributed by atoms with Gasteiger partial charge in [0, 0.05) is 12.5 Å². The third-order valence-corrected chi connectivity index (χ3v) is 1.84. The molecule has 0 heterocycles. The summed E-state index contributed by atoms with van der Waals surface area (Å²) in [5.74, 6) is 0.397. The molecule has 0 aromatic carbocycles. The Morgan fingerprint density at radius 2 is 2.30 bits per heavy atom. The lowest BCUT2D eigenvalue weighted by atomic mass is 10.2. The average Bonchev–Trinajstić information content (AvgIpc) is 2.15. The second-order valence-corrected chi connectivity index (χ2v) is 3.23. The normalized spacial score (nSPS) is 26.3. The predicted octanol–water partition coefficient (Wildman–Crippen LogP) is 1.11. The number of nitrogens with one attached hydrogen (secondary N) is 1. The second-order valence-electron chi connectivity index (χ2n) is 3.23. The number of hydrogen-bond donors (Lipinski definition) is 1. The molecule has 1 unspecified atom stereocenters. The van der Waals surface area contributed by atoms with Crippen LogP contribution in [0.3, 0.4) is 0 Å². The van der Waals surface area contributed by atoms with E-state index in [4.69, 9.17) is 0 Å². The molecule has 1 N–H and O–H groups in total. The lowest BCUT2D eigenvalue weighted by molar-refractivity contribution is -0.119. The Labute approximate surface area is 62.0 Å². The van der Waals surface area contributed by atoms with E-state index in [1.807, 2.05) is 0 Å². The molecule has 1 rings (SSSR count). The maximum atomic E-state index is 11.0. The predicted molar refractivity (Wildman–Crippen MR) is 40.9 cm³/mol. The van der Waals surface area contributed by atoms with E-state index in [0.29, 0.717) is 11.8 Å². The van der Waals surface area contributed by atoms with E-state index < -0.39 is 0 Å². The summed E-state index contributed by atoms with van der Waals surface area (Å²) in [6.07, 6.45) is 2.89. The first kappa shape index (κ1) is 7.73. The monoisotopic (exact) mass is 141 g/mol. The van der Waals surface area contributed by atoms with E-state index in [2.05, 4.69) is 19.2 Å². The van der Waals surface area contributed by atoms with Gasteiger partial charge in [0.2, 0.25) is 0 Å². The van der Waals surface area contributed by atoms with E-state index in [1.54, 1.807) is 0 Å². The third kappa shape index (κ3) is 1.81. The number of carbonyl (C=O) groups excluding carboxylic acids is 1. The summed E-state index contributed by atoms with van der Waals surface area (Å²) in [6, 6.07) is 0.604.